The summed E-state index contributed by atoms with van der Waals surface area (Å²) in [4.78, 5) is 4.16. The molecule has 0 amide bonds. The number of rotatable bonds is 9. The topological polar surface area (TPSA) is 24.9 Å². The highest BCUT2D eigenvalue weighted by atomic mass is 14.9. The molecular weight excluding hydrogens is 220 g/mol. The maximum absolute atomic E-state index is 4.16. The second-order valence-electron chi connectivity index (χ2n) is 5.13. The van der Waals surface area contributed by atoms with Gasteiger partial charge in [0.2, 0.25) is 0 Å². The molecule has 1 unspecified atom stereocenters. The zero-order chi connectivity index (χ0) is 13.2. The van der Waals surface area contributed by atoms with Gasteiger partial charge in [0, 0.05) is 18.4 Å². The molecule has 1 aromatic heterocycles. The first-order chi connectivity index (χ1) is 8.79. The highest BCUT2D eigenvalue weighted by molar-refractivity contribution is 5.25. The van der Waals surface area contributed by atoms with Crippen LogP contribution in [0.2, 0.25) is 0 Å². The van der Waals surface area contributed by atoms with E-state index in [-0.39, 0.29) is 0 Å². The molecule has 0 aromatic carbocycles. The summed E-state index contributed by atoms with van der Waals surface area (Å²) in [6, 6.07) is 2.63. The van der Waals surface area contributed by atoms with E-state index in [4.69, 9.17) is 0 Å². The third kappa shape index (κ3) is 5.18. The third-order valence-corrected chi connectivity index (χ3v) is 3.63. The van der Waals surface area contributed by atoms with Crippen molar-refractivity contribution in [2.24, 2.45) is 0 Å². The molecule has 0 aliphatic rings. The van der Waals surface area contributed by atoms with E-state index >= 15 is 0 Å². The monoisotopic (exact) mass is 248 g/mol. The van der Waals surface area contributed by atoms with Crippen molar-refractivity contribution in [3.05, 3.63) is 29.6 Å². The Morgan fingerprint density at radius 3 is 2.56 bits per heavy atom. The molecule has 18 heavy (non-hydrogen) atoms. The normalized spacial score (nSPS) is 12.6. The number of hydrogen-bond donors (Lipinski definition) is 1. The van der Waals surface area contributed by atoms with Crippen LogP contribution in [0.4, 0.5) is 0 Å². The first-order valence-electron chi connectivity index (χ1n) is 7.37. The lowest BCUT2D eigenvalue weighted by Crippen LogP contribution is -2.17. The van der Waals surface area contributed by atoms with E-state index in [0.29, 0.717) is 6.04 Å². The lowest BCUT2D eigenvalue weighted by molar-refractivity contribution is 0.496. The van der Waals surface area contributed by atoms with Crippen molar-refractivity contribution < 1.29 is 0 Å². The molecule has 1 atom stereocenters. The average molecular weight is 248 g/mol. The van der Waals surface area contributed by atoms with Crippen LogP contribution in [-0.2, 0) is 0 Å². The van der Waals surface area contributed by atoms with Crippen molar-refractivity contribution >= 4 is 0 Å². The maximum atomic E-state index is 4.16. The fourth-order valence-electron chi connectivity index (χ4n) is 2.46. The van der Waals surface area contributed by atoms with Gasteiger partial charge in [-0.05, 0) is 37.6 Å². The molecule has 2 heteroatoms. The largest absolute Gasteiger partial charge is 0.313 e. The summed E-state index contributed by atoms with van der Waals surface area (Å²) < 4.78 is 0. The smallest absolute Gasteiger partial charge is 0.0321 e. The van der Waals surface area contributed by atoms with Gasteiger partial charge in [-0.2, -0.15) is 0 Å². The average Bonchev–Trinajstić information content (AvgIpc) is 2.39. The molecule has 0 aliphatic heterocycles. The lowest BCUT2D eigenvalue weighted by Gasteiger charge is -2.18. The molecule has 0 bridgehead atoms. The van der Waals surface area contributed by atoms with Crippen LogP contribution in [0, 0.1) is 6.92 Å². The number of hydrogen-bond acceptors (Lipinski definition) is 2. The van der Waals surface area contributed by atoms with E-state index < -0.39 is 0 Å². The Balaban J connectivity index is 2.32. The molecular formula is C16H28N2. The number of unbranched alkanes of at least 4 members (excludes halogenated alkanes) is 5. The van der Waals surface area contributed by atoms with Crippen molar-refractivity contribution in [2.75, 3.05) is 7.05 Å². The minimum Gasteiger partial charge on any atom is -0.313 e. The van der Waals surface area contributed by atoms with Crippen LogP contribution in [0.5, 0.6) is 0 Å². The molecule has 0 saturated heterocycles. The van der Waals surface area contributed by atoms with E-state index in [9.17, 15) is 0 Å². The number of nitrogens with one attached hydrogen (secondary N) is 1. The van der Waals surface area contributed by atoms with Gasteiger partial charge >= 0.3 is 0 Å². The van der Waals surface area contributed by atoms with Crippen molar-refractivity contribution in [1.82, 2.24) is 10.3 Å². The van der Waals surface area contributed by atoms with E-state index in [2.05, 4.69) is 37.3 Å². The number of aryl methyl sites for hydroxylation is 1. The Morgan fingerprint density at radius 1 is 1.17 bits per heavy atom. The van der Waals surface area contributed by atoms with Crippen LogP contribution in [0.1, 0.15) is 69.0 Å². The fourth-order valence-corrected chi connectivity index (χ4v) is 2.46. The minimum atomic E-state index is 0.485. The van der Waals surface area contributed by atoms with Gasteiger partial charge < -0.3 is 5.32 Å². The van der Waals surface area contributed by atoms with Crippen LogP contribution in [-0.4, -0.2) is 12.0 Å². The van der Waals surface area contributed by atoms with Gasteiger partial charge in [0.1, 0.15) is 0 Å². The molecule has 0 spiro atoms. The predicted octanol–water partition coefficient (Wildman–Crippen LogP) is 4.40. The molecule has 0 aliphatic carbocycles. The van der Waals surface area contributed by atoms with Crippen LogP contribution < -0.4 is 5.32 Å². The Kier molecular flexibility index (Phi) is 7.66. The molecule has 1 rings (SSSR count). The van der Waals surface area contributed by atoms with Gasteiger partial charge in [-0.3, -0.25) is 4.98 Å². The summed E-state index contributed by atoms with van der Waals surface area (Å²) in [6.45, 7) is 4.41. The quantitative estimate of drug-likeness (QED) is 0.655. The van der Waals surface area contributed by atoms with Crippen molar-refractivity contribution in [3.63, 3.8) is 0 Å². The van der Waals surface area contributed by atoms with E-state index in [1.807, 2.05) is 12.4 Å². The zero-order valence-electron chi connectivity index (χ0n) is 12.2. The van der Waals surface area contributed by atoms with Gasteiger partial charge in [-0.25, -0.2) is 0 Å². The van der Waals surface area contributed by atoms with Crippen LogP contribution >= 0.6 is 0 Å². The molecule has 2 nitrogen and oxygen atoms in total. The number of pyridine rings is 1. The summed E-state index contributed by atoms with van der Waals surface area (Å²) in [7, 11) is 2.06. The second-order valence-corrected chi connectivity index (χ2v) is 5.13. The van der Waals surface area contributed by atoms with Gasteiger partial charge in [0.15, 0.2) is 0 Å². The predicted molar refractivity (Wildman–Crippen MR) is 78.8 cm³/mol. The van der Waals surface area contributed by atoms with Gasteiger partial charge in [-0.15, -0.1) is 0 Å². The molecule has 1 heterocycles. The van der Waals surface area contributed by atoms with Crippen molar-refractivity contribution in [3.8, 4) is 0 Å². The Hall–Kier alpha value is -0.890. The number of aromatic nitrogens is 1. The fraction of sp³-hybridized carbons (Fsp3) is 0.688. The van der Waals surface area contributed by atoms with E-state index in [0.717, 1.165) is 0 Å². The Morgan fingerprint density at radius 2 is 1.89 bits per heavy atom. The highest BCUT2D eigenvalue weighted by Gasteiger charge is 2.10. The minimum absolute atomic E-state index is 0.485. The molecule has 1 aromatic rings. The van der Waals surface area contributed by atoms with E-state index in [1.54, 1.807) is 0 Å². The van der Waals surface area contributed by atoms with Crippen LogP contribution in [0.15, 0.2) is 18.5 Å². The molecule has 0 fully saturated rings. The van der Waals surface area contributed by atoms with Gasteiger partial charge in [-0.1, -0.05) is 45.4 Å². The Bertz CT molecular complexity index is 323. The number of nitrogens with zero attached hydrogens (tertiary/aromatic N) is 1. The molecule has 1 N–H and O–H groups in total. The SMILES string of the molecule is CCCCCCCCC(NC)c1ccncc1C. The van der Waals surface area contributed by atoms with Crippen molar-refractivity contribution in [1.29, 1.82) is 0 Å². The van der Waals surface area contributed by atoms with Gasteiger partial charge in [0.05, 0.1) is 0 Å². The molecule has 102 valence electrons. The summed E-state index contributed by atoms with van der Waals surface area (Å²) in [5.41, 5.74) is 2.70. The summed E-state index contributed by atoms with van der Waals surface area (Å²) in [5.74, 6) is 0. The van der Waals surface area contributed by atoms with Crippen LogP contribution in [0.25, 0.3) is 0 Å². The Labute approximate surface area is 112 Å². The van der Waals surface area contributed by atoms with Crippen LogP contribution in [0.3, 0.4) is 0 Å². The van der Waals surface area contributed by atoms with E-state index in [1.165, 1.54) is 56.1 Å². The molecule has 0 radical (unpaired) electrons. The van der Waals surface area contributed by atoms with Crippen molar-refractivity contribution in [2.45, 2.75) is 64.8 Å². The first-order valence-corrected chi connectivity index (χ1v) is 7.37. The summed E-state index contributed by atoms with van der Waals surface area (Å²) >= 11 is 0. The summed E-state index contributed by atoms with van der Waals surface area (Å²) in [5, 5.41) is 3.43. The third-order valence-electron chi connectivity index (χ3n) is 3.63. The highest BCUT2D eigenvalue weighted by Crippen LogP contribution is 2.22. The standard InChI is InChI=1S/C16H28N2/c1-4-5-6-7-8-9-10-16(17-3)15-11-12-18-13-14(15)2/h11-13,16-17H,4-10H2,1-3H3. The first kappa shape index (κ1) is 15.2. The van der Waals surface area contributed by atoms with Gasteiger partial charge in [0.25, 0.3) is 0 Å². The second kappa shape index (κ2) is 9.09. The molecule has 0 saturated carbocycles. The maximum Gasteiger partial charge on any atom is 0.0321 e. The summed E-state index contributed by atoms with van der Waals surface area (Å²) in [6.07, 6.45) is 13.3. The lowest BCUT2D eigenvalue weighted by atomic mass is 9.97. The zero-order valence-corrected chi connectivity index (χ0v) is 12.2.